The van der Waals surface area contributed by atoms with E-state index in [0.29, 0.717) is 28.6 Å². The molecule has 0 fully saturated rings. The molecule has 0 aromatic heterocycles. The SMILES string of the molecule is CCOc1cc2c(cc1NC(=O)c1cccc(Cl)c1)OC(C)C2. The molecule has 1 aliphatic heterocycles. The molecule has 1 N–H and O–H groups in total. The van der Waals surface area contributed by atoms with Crippen LogP contribution >= 0.6 is 11.6 Å². The molecular weight excluding hydrogens is 314 g/mol. The van der Waals surface area contributed by atoms with Crippen molar-refractivity contribution in [3.8, 4) is 11.5 Å². The van der Waals surface area contributed by atoms with Crippen LogP contribution in [0, 0.1) is 0 Å². The molecule has 0 radical (unpaired) electrons. The van der Waals surface area contributed by atoms with Gasteiger partial charge in [-0.1, -0.05) is 17.7 Å². The molecule has 1 heterocycles. The highest BCUT2D eigenvalue weighted by Gasteiger charge is 2.22. The van der Waals surface area contributed by atoms with E-state index >= 15 is 0 Å². The van der Waals surface area contributed by atoms with Crippen LogP contribution in [0.15, 0.2) is 36.4 Å². The quantitative estimate of drug-likeness (QED) is 0.907. The highest BCUT2D eigenvalue weighted by atomic mass is 35.5. The number of ether oxygens (including phenoxy) is 2. The van der Waals surface area contributed by atoms with Gasteiger partial charge in [0.05, 0.1) is 12.3 Å². The Kier molecular flexibility index (Phi) is 4.44. The van der Waals surface area contributed by atoms with Gasteiger partial charge in [-0.15, -0.1) is 0 Å². The highest BCUT2D eigenvalue weighted by Crippen LogP contribution is 2.38. The first-order valence-corrected chi connectivity index (χ1v) is 7.98. The van der Waals surface area contributed by atoms with Gasteiger partial charge >= 0.3 is 0 Å². The predicted octanol–water partition coefficient (Wildman–Crippen LogP) is 4.31. The van der Waals surface area contributed by atoms with Crippen molar-refractivity contribution in [3.63, 3.8) is 0 Å². The van der Waals surface area contributed by atoms with Gasteiger partial charge in [0.25, 0.3) is 5.91 Å². The van der Waals surface area contributed by atoms with E-state index in [1.807, 2.05) is 26.0 Å². The van der Waals surface area contributed by atoms with Gasteiger partial charge in [-0.2, -0.15) is 0 Å². The van der Waals surface area contributed by atoms with Crippen molar-refractivity contribution in [2.75, 3.05) is 11.9 Å². The summed E-state index contributed by atoms with van der Waals surface area (Å²) in [6.45, 7) is 4.45. The van der Waals surface area contributed by atoms with Crippen molar-refractivity contribution in [1.82, 2.24) is 0 Å². The van der Waals surface area contributed by atoms with Gasteiger partial charge in [0, 0.05) is 28.6 Å². The van der Waals surface area contributed by atoms with Crippen LogP contribution in [0.1, 0.15) is 29.8 Å². The average molecular weight is 332 g/mol. The second-order valence-corrected chi connectivity index (χ2v) is 5.92. The third-order valence-electron chi connectivity index (χ3n) is 3.63. The zero-order valence-electron chi connectivity index (χ0n) is 13.1. The van der Waals surface area contributed by atoms with Crippen LogP contribution in [0.2, 0.25) is 5.02 Å². The van der Waals surface area contributed by atoms with Crippen LogP contribution < -0.4 is 14.8 Å². The fourth-order valence-electron chi connectivity index (χ4n) is 2.64. The number of hydrogen-bond acceptors (Lipinski definition) is 3. The summed E-state index contributed by atoms with van der Waals surface area (Å²) in [4.78, 5) is 12.4. The Labute approximate surface area is 140 Å². The van der Waals surface area contributed by atoms with E-state index in [1.54, 1.807) is 24.3 Å². The molecule has 1 unspecified atom stereocenters. The van der Waals surface area contributed by atoms with Gasteiger partial charge < -0.3 is 14.8 Å². The maximum atomic E-state index is 12.4. The summed E-state index contributed by atoms with van der Waals surface area (Å²) in [5, 5.41) is 3.40. The van der Waals surface area contributed by atoms with Crippen LogP contribution in [0.5, 0.6) is 11.5 Å². The molecule has 0 saturated carbocycles. The Bertz CT molecular complexity index is 745. The van der Waals surface area contributed by atoms with Gasteiger partial charge in [-0.05, 0) is 38.1 Å². The number of rotatable bonds is 4. The molecule has 4 nitrogen and oxygen atoms in total. The minimum absolute atomic E-state index is 0.137. The first-order valence-electron chi connectivity index (χ1n) is 7.60. The van der Waals surface area contributed by atoms with Crippen molar-refractivity contribution in [3.05, 3.63) is 52.5 Å². The summed E-state index contributed by atoms with van der Waals surface area (Å²) in [6.07, 6.45) is 0.983. The lowest BCUT2D eigenvalue weighted by molar-refractivity contribution is 0.102. The average Bonchev–Trinajstić information content (AvgIpc) is 2.87. The Hall–Kier alpha value is -2.20. The van der Waals surface area contributed by atoms with E-state index < -0.39 is 0 Å². The van der Waals surface area contributed by atoms with Crippen molar-refractivity contribution in [2.24, 2.45) is 0 Å². The zero-order chi connectivity index (χ0) is 16.4. The lowest BCUT2D eigenvalue weighted by Gasteiger charge is -2.13. The maximum absolute atomic E-state index is 12.4. The van der Waals surface area contributed by atoms with E-state index in [0.717, 1.165) is 17.7 Å². The molecule has 23 heavy (non-hydrogen) atoms. The second kappa shape index (κ2) is 6.50. The van der Waals surface area contributed by atoms with Crippen LogP contribution in [-0.2, 0) is 6.42 Å². The van der Waals surface area contributed by atoms with Crippen LogP contribution in [0.25, 0.3) is 0 Å². The lowest BCUT2D eigenvalue weighted by atomic mass is 10.1. The standard InChI is InChI=1S/C18H18ClNO3/c1-3-22-17-9-13-7-11(2)23-16(13)10-15(17)20-18(21)12-5-4-6-14(19)8-12/h4-6,8-11H,3,7H2,1-2H3,(H,20,21). The second-order valence-electron chi connectivity index (χ2n) is 5.49. The van der Waals surface area contributed by atoms with Crippen molar-refractivity contribution in [2.45, 2.75) is 26.4 Å². The molecule has 1 atom stereocenters. The number of hydrogen-bond donors (Lipinski definition) is 1. The minimum atomic E-state index is -0.237. The third kappa shape index (κ3) is 3.42. The number of amides is 1. The van der Waals surface area contributed by atoms with E-state index in [2.05, 4.69) is 5.32 Å². The van der Waals surface area contributed by atoms with Gasteiger partial charge in [-0.25, -0.2) is 0 Å². The molecule has 0 bridgehead atoms. The summed E-state index contributed by atoms with van der Waals surface area (Å²) in [6, 6.07) is 10.6. The zero-order valence-corrected chi connectivity index (χ0v) is 13.8. The summed E-state index contributed by atoms with van der Waals surface area (Å²) >= 11 is 5.94. The van der Waals surface area contributed by atoms with Crippen LogP contribution in [0.4, 0.5) is 5.69 Å². The molecule has 120 valence electrons. The van der Waals surface area contributed by atoms with Crippen molar-refractivity contribution >= 4 is 23.2 Å². The fourth-order valence-corrected chi connectivity index (χ4v) is 2.83. The van der Waals surface area contributed by atoms with Gasteiger partial charge in [0.2, 0.25) is 0 Å². The molecule has 0 aliphatic carbocycles. The molecule has 2 aromatic carbocycles. The molecule has 1 amide bonds. The molecule has 5 heteroatoms. The van der Waals surface area contributed by atoms with E-state index in [9.17, 15) is 4.79 Å². The lowest BCUT2D eigenvalue weighted by Crippen LogP contribution is -2.13. The predicted molar refractivity (Wildman–Crippen MR) is 90.8 cm³/mol. The molecular formula is C18H18ClNO3. The van der Waals surface area contributed by atoms with E-state index in [4.69, 9.17) is 21.1 Å². The number of carbonyl (C=O) groups is 1. The molecule has 1 aliphatic rings. The van der Waals surface area contributed by atoms with Gasteiger partial charge in [0.1, 0.15) is 17.6 Å². The normalized spacial score (nSPS) is 15.7. The molecule has 0 saturated heterocycles. The summed E-state index contributed by atoms with van der Waals surface area (Å²) in [7, 11) is 0. The Morgan fingerprint density at radius 1 is 1.39 bits per heavy atom. The molecule has 2 aromatic rings. The number of carbonyl (C=O) groups excluding carboxylic acids is 1. The Morgan fingerprint density at radius 3 is 2.96 bits per heavy atom. The molecule has 3 rings (SSSR count). The largest absolute Gasteiger partial charge is 0.492 e. The Morgan fingerprint density at radius 2 is 2.22 bits per heavy atom. The van der Waals surface area contributed by atoms with Crippen molar-refractivity contribution < 1.29 is 14.3 Å². The number of halogens is 1. The maximum Gasteiger partial charge on any atom is 0.255 e. The summed E-state index contributed by atoms with van der Waals surface area (Å²) < 4.78 is 11.4. The first kappa shape index (κ1) is 15.7. The van der Waals surface area contributed by atoms with Crippen molar-refractivity contribution in [1.29, 1.82) is 0 Å². The number of anilines is 1. The first-order chi connectivity index (χ1) is 11.1. The van der Waals surface area contributed by atoms with E-state index in [-0.39, 0.29) is 12.0 Å². The topological polar surface area (TPSA) is 47.6 Å². The van der Waals surface area contributed by atoms with Crippen LogP contribution in [-0.4, -0.2) is 18.6 Å². The fraction of sp³-hybridized carbons (Fsp3) is 0.278. The smallest absolute Gasteiger partial charge is 0.255 e. The molecule has 0 spiro atoms. The monoisotopic (exact) mass is 331 g/mol. The Balaban J connectivity index is 1.89. The minimum Gasteiger partial charge on any atom is -0.492 e. The number of benzene rings is 2. The van der Waals surface area contributed by atoms with E-state index in [1.165, 1.54) is 0 Å². The van der Waals surface area contributed by atoms with Gasteiger partial charge in [-0.3, -0.25) is 4.79 Å². The summed E-state index contributed by atoms with van der Waals surface area (Å²) in [5.41, 5.74) is 2.20. The highest BCUT2D eigenvalue weighted by molar-refractivity contribution is 6.31. The number of fused-ring (bicyclic) bond motifs is 1. The third-order valence-corrected chi connectivity index (χ3v) is 3.87. The van der Waals surface area contributed by atoms with Crippen LogP contribution in [0.3, 0.4) is 0 Å². The summed E-state index contributed by atoms with van der Waals surface area (Å²) in [5.74, 6) is 1.21. The number of nitrogens with one attached hydrogen (secondary N) is 1. The van der Waals surface area contributed by atoms with Gasteiger partial charge in [0.15, 0.2) is 0 Å².